The van der Waals surface area contributed by atoms with Gasteiger partial charge in [-0.3, -0.25) is 24.2 Å². The number of amides is 3. The highest BCUT2D eigenvalue weighted by Crippen LogP contribution is 2.31. The van der Waals surface area contributed by atoms with E-state index in [4.69, 9.17) is 11.6 Å². The van der Waals surface area contributed by atoms with Crippen LogP contribution in [0.5, 0.6) is 0 Å². The summed E-state index contributed by atoms with van der Waals surface area (Å²) in [7, 11) is 2.06. The third kappa shape index (κ3) is 4.25. The highest BCUT2D eigenvalue weighted by atomic mass is 35.5. The minimum atomic E-state index is -0.139. The van der Waals surface area contributed by atoms with Crippen LogP contribution in [-0.4, -0.2) is 47.2 Å². The topological polar surface area (TPSA) is 69.7 Å². The molecule has 0 bridgehead atoms. The number of benzene rings is 2. The van der Waals surface area contributed by atoms with Gasteiger partial charge in [0.25, 0.3) is 5.91 Å². The summed E-state index contributed by atoms with van der Waals surface area (Å²) in [6.07, 6.45) is 1.43. The van der Waals surface area contributed by atoms with Crippen molar-refractivity contribution in [1.82, 2.24) is 15.1 Å². The monoisotopic (exact) mass is 425 g/mol. The number of likely N-dealkylation sites (N-methyl/N-ethyl adjacent to an activating group) is 1. The summed E-state index contributed by atoms with van der Waals surface area (Å²) in [5.74, 6) is -0.407. The van der Waals surface area contributed by atoms with Crippen LogP contribution in [0.25, 0.3) is 0 Å². The Kier molecular flexibility index (Phi) is 5.88. The molecule has 0 aliphatic carbocycles. The van der Waals surface area contributed by atoms with Crippen LogP contribution in [-0.2, 0) is 16.1 Å². The van der Waals surface area contributed by atoms with Crippen LogP contribution < -0.4 is 5.32 Å². The van der Waals surface area contributed by atoms with Gasteiger partial charge in [-0.1, -0.05) is 35.9 Å². The van der Waals surface area contributed by atoms with E-state index in [0.717, 1.165) is 24.1 Å². The number of carbonyl (C=O) groups excluding carboxylic acids is 3. The van der Waals surface area contributed by atoms with Crippen molar-refractivity contribution < 1.29 is 14.4 Å². The van der Waals surface area contributed by atoms with Crippen LogP contribution in [0.2, 0.25) is 5.02 Å². The molecule has 4 rings (SSSR count). The van der Waals surface area contributed by atoms with Crippen LogP contribution in [0.4, 0.5) is 0 Å². The van der Waals surface area contributed by atoms with Gasteiger partial charge >= 0.3 is 0 Å². The van der Waals surface area contributed by atoms with Gasteiger partial charge in [0.2, 0.25) is 11.8 Å². The summed E-state index contributed by atoms with van der Waals surface area (Å²) in [4.78, 5) is 39.9. The van der Waals surface area contributed by atoms with Crippen molar-refractivity contribution in [2.24, 2.45) is 0 Å². The predicted octanol–water partition coefficient (Wildman–Crippen LogP) is 3.16. The van der Waals surface area contributed by atoms with Gasteiger partial charge in [0.15, 0.2) is 0 Å². The van der Waals surface area contributed by atoms with Crippen molar-refractivity contribution >= 4 is 29.3 Å². The molecule has 6 nitrogen and oxygen atoms in total. The Hall–Kier alpha value is -2.70. The normalized spacial score (nSPS) is 22.0. The number of rotatable bonds is 5. The molecule has 2 heterocycles. The standard InChI is InChI=1S/C23H24ClN3O3/c1-26-13-12-19(22(26)16-6-8-18(24)9-7-16)25-23(30)17-4-2-15(3-5-17)14-27-20(28)10-11-21(27)29/h2-9,19,22H,10-14H2,1H3,(H,25,30)/t19-,22+/m0/s1. The summed E-state index contributed by atoms with van der Waals surface area (Å²) in [5, 5.41) is 3.86. The quantitative estimate of drug-likeness (QED) is 0.747. The molecule has 2 aliphatic heterocycles. The first kappa shape index (κ1) is 20.6. The second-order valence-electron chi connectivity index (χ2n) is 7.92. The lowest BCUT2D eigenvalue weighted by molar-refractivity contribution is -0.139. The van der Waals surface area contributed by atoms with Gasteiger partial charge in [-0.2, -0.15) is 0 Å². The second kappa shape index (κ2) is 8.58. The van der Waals surface area contributed by atoms with Gasteiger partial charge in [0.05, 0.1) is 18.6 Å². The maximum Gasteiger partial charge on any atom is 0.251 e. The highest BCUT2D eigenvalue weighted by molar-refractivity contribution is 6.30. The van der Waals surface area contributed by atoms with E-state index in [1.165, 1.54) is 4.90 Å². The summed E-state index contributed by atoms with van der Waals surface area (Å²) in [5.41, 5.74) is 2.51. The van der Waals surface area contributed by atoms with Crippen molar-refractivity contribution in [3.05, 3.63) is 70.2 Å². The molecule has 0 unspecified atom stereocenters. The van der Waals surface area contributed by atoms with Crippen molar-refractivity contribution in [2.75, 3.05) is 13.6 Å². The van der Waals surface area contributed by atoms with Gasteiger partial charge in [0, 0.05) is 30.0 Å². The molecule has 1 N–H and O–H groups in total. The molecular weight excluding hydrogens is 402 g/mol. The molecule has 0 spiro atoms. The zero-order valence-electron chi connectivity index (χ0n) is 16.8. The van der Waals surface area contributed by atoms with Crippen molar-refractivity contribution in [2.45, 2.75) is 37.9 Å². The van der Waals surface area contributed by atoms with E-state index in [0.29, 0.717) is 10.6 Å². The maximum atomic E-state index is 12.8. The van der Waals surface area contributed by atoms with E-state index in [9.17, 15) is 14.4 Å². The Labute approximate surface area is 180 Å². The number of carbonyl (C=O) groups is 3. The largest absolute Gasteiger partial charge is 0.347 e. The summed E-state index contributed by atoms with van der Waals surface area (Å²) >= 11 is 6.01. The van der Waals surface area contributed by atoms with E-state index in [1.54, 1.807) is 24.3 Å². The molecule has 2 aliphatic rings. The SMILES string of the molecule is CN1CC[C@H](NC(=O)c2ccc(CN3C(=O)CCC3=O)cc2)[C@H]1c1ccc(Cl)cc1. The summed E-state index contributed by atoms with van der Waals surface area (Å²) in [6, 6.07) is 14.9. The molecule has 0 radical (unpaired) electrons. The molecule has 156 valence electrons. The average Bonchev–Trinajstić information content (AvgIpc) is 3.25. The molecule has 2 fully saturated rings. The van der Waals surface area contributed by atoms with Crippen molar-refractivity contribution in [3.8, 4) is 0 Å². The molecule has 7 heteroatoms. The predicted molar refractivity (Wildman–Crippen MR) is 114 cm³/mol. The van der Waals surface area contributed by atoms with Crippen LogP contribution in [0.1, 0.15) is 46.8 Å². The Morgan fingerprint density at radius 3 is 2.30 bits per heavy atom. The van der Waals surface area contributed by atoms with Crippen LogP contribution >= 0.6 is 11.6 Å². The zero-order chi connectivity index (χ0) is 21.3. The van der Waals surface area contributed by atoms with E-state index in [2.05, 4.69) is 17.3 Å². The van der Waals surface area contributed by atoms with E-state index < -0.39 is 0 Å². The Morgan fingerprint density at radius 2 is 1.67 bits per heavy atom. The first-order valence-electron chi connectivity index (χ1n) is 10.1. The average molecular weight is 426 g/mol. The zero-order valence-corrected chi connectivity index (χ0v) is 17.6. The number of imide groups is 1. The second-order valence-corrected chi connectivity index (χ2v) is 8.35. The fourth-order valence-electron chi connectivity index (χ4n) is 4.24. The fraction of sp³-hybridized carbons (Fsp3) is 0.348. The number of halogens is 1. The summed E-state index contributed by atoms with van der Waals surface area (Å²) in [6.45, 7) is 1.15. The molecule has 0 aromatic heterocycles. The van der Waals surface area contributed by atoms with Gasteiger partial charge in [-0.25, -0.2) is 0 Å². The molecule has 30 heavy (non-hydrogen) atoms. The summed E-state index contributed by atoms with van der Waals surface area (Å²) < 4.78 is 0. The molecule has 2 saturated heterocycles. The minimum Gasteiger partial charge on any atom is -0.347 e. The molecule has 3 amide bonds. The van der Waals surface area contributed by atoms with Gasteiger partial charge < -0.3 is 5.32 Å². The smallest absolute Gasteiger partial charge is 0.251 e. The molecule has 2 atom stereocenters. The molecular formula is C23H24ClN3O3. The van der Waals surface area contributed by atoms with Crippen LogP contribution in [0.15, 0.2) is 48.5 Å². The van der Waals surface area contributed by atoms with Crippen LogP contribution in [0.3, 0.4) is 0 Å². The number of likely N-dealkylation sites (tertiary alicyclic amines) is 2. The highest BCUT2D eigenvalue weighted by Gasteiger charge is 2.34. The third-order valence-electron chi connectivity index (χ3n) is 5.89. The van der Waals surface area contributed by atoms with Crippen molar-refractivity contribution in [1.29, 1.82) is 0 Å². The van der Waals surface area contributed by atoms with Gasteiger partial charge in [-0.05, 0) is 48.9 Å². The maximum absolute atomic E-state index is 12.8. The minimum absolute atomic E-state index is 0.00296. The lowest BCUT2D eigenvalue weighted by atomic mass is 9.99. The molecule has 2 aromatic rings. The van der Waals surface area contributed by atoms with Gasteiger partial charge in [0.1, 0.15) is 0 Å². The Morgan fingerprint density at radius 1 is 1.03 bits per heavy atom. The Bertz CT molecular complexity index is 943. The number of hydrogen-bond donors (Lipinski definition) is 1. The Balaban J connectivity index is 1.42. The first-order valence-corrected chi connectivity index (χ1v) is 10.5. The van der Waals surface area contributed by atoms with Crippen LogP contribution in [0, 0.1) is 0 Å². The fourth-order valence-corrected chi connectivity index (χ4v) is 4.37. The van der Waals surface area contributed by atoms with E-state index >= 15 is 0 Å². The molecule has 2 aromatic carbocycles. The lowest BCUT2D eigenvalue weighted by Gasteiger charge is -2.26. The van der Waals surface area contributed by atoms with Crippen molar-refractivity contribution in [3.63, 3.8) is 0 Å². The van der Waals surface area contributed by atoms with E-state index in [-0.39, 0.29) is 49.2 Å². The first-order chi connectivity index (χ1) is 14.4. The van der Waals surface area contributed by atoms with Gasteiger partial charge in [-0.15, -0.1) is 0 Å². The molecule has 0 saturated carbocycles. The number of nitrogens with zero attached hydrogens (tertiary/aromatic N) is 2. The lowest BCUT2D eigenvalue weighted by Crippen LogP contribution is -2.39. The number of hydrogen-bond acceptors (Lipinski definition) is 4. The number of nitrogens with one attached hydrogen (secondary N) is 1. The van der Waals surface area contributed by atoms with E-state index in [1.807, 2.05) is 24.3 Å². The third-order valence-corrected chi connectivity index (χ3v) is 6.14.